The van der Waals surface area contributed by atoms with Gasteiger partial charge in [-0.05, 0) is 31.5 Å². The molecule has 96 valence electrons. The summed E-state index contributed by atoms with van der Waals surface area (Å²) < 4.78 is 0.843. The molecule has 0 aliphatic carbocycles. The Morgan fingerprint density at radius 3 is 2.72 bits per heavy atom. The van der Waals surface area contributed by atoms with E-state index in [-0.39, 0.29) is 11.9 Å². The van der Waals surface area contributed by atoms with Crippen LogP contribution in [0.1, 0.15) is 23.7 Å². The molecule has 1 aliphatic rings. The van der Waals surface area contributed by atoms with E-state index in [9.17, 15) is 9.59 Å². The molecule has 0 radical (unpaired) electrons. The average Bonchev–Trinajstić information content (AvgIpc) is 2.70. The normalized spacial score (nSPS) is 23.1. The number of nitrogens with zero attached hydrogens (tertiary/aromatic N) is 1. The molecule has 2 atom stereocenters. The first-order valence-electron chi connectivity index (χ1n) is 5.80. The number of rotatable bonds is 2. The molecule has 1 aromatic rings. The summed E-state index contributed by atoms with van der Waals surface area (Å²) in [6.45, 7) is 2.30. The quantitative estimate of drug-likeness (QED) is 0.912. The predicted molar refractivity (Wildman–Crippen MR) is 70.4 cm³/mol. The lowest BCUT2D eigenvalue weighted by Crippen LogP contribution is -2.37. The summed E-state index contributed by atoms with van der Waals surface area (Å²) in [6, 6.07) is 6.89. The van der Waals surface area contributed by atoms with Crippen molar-refractivity contribution in [3.8, 4) is 0 Å². The highest BCUT2D eigenvalue weighted by atomic mass is 79.9. The standard InChI is InChI=1S/C13H14BrNO3/c1-8-11(13(17)18)5-6-15(8)12(16)9-3-2-4-10(14)7-9/h2-4,7-8,11H,5-6H2,1H3,(H,17,18). The predicted octanol–water partition coefficient (Wildman–Crippen LogP) is 2.38. The van der Waals surface area contributed by atoms with Crippen molar-refractivity contribution in [1.82, 2.24) is 4.90 Å². The van der Waals surface area contributed by atoms with E-state index in [0.717, 1.165) is 4.47 Å². The fourth-order valence-electron chi connectivity index (χ4n) is 2.34. The lowest BCUT2D eigenvalue weighted by molar-refractivity contribution is -0.142. The van der Waals surface area contributed by atoms with Gasteiger partial charge in [0.15, 0.2) is 0 Å². The number of aliphatic carboxylic acids is 1. The zero-order valence-corrected chi connectivity index (χ0v) is 11.6. The molecule has 4 nitrogen and oxygen atoms in total. The average molecular weight is 312 g/mol. The number of carboxylic acid groups (broad SMARTS) is 1. The van der Waals surface area contributed by atoms with Crippen LogP contribution in [0.15, 0.2) is 28.7 Å². The lowest BCUT2D eigenvalue weighted by Gasteiger charge is -2.23. The molecule has 1 aliphatic heterocycles. The van der Waals surface area contributed by atoms with Crippen LogP contribution in [0.2, 0.25) is 0 Å². The molecule has 5 heteroatoms. The summed E-state index contributed by atoms with van der Waals surface area (Å²) in [5.41, 5.74) is 0.585. The molecular weight excluding hydrogens is 298 g/mol. The molecular formula is C13H14BrNO3. The highest BCUT2D eigenvalue weighted by Gasteiger charge is 2.38. The van der Waals surface area contributed by atoms with Crippen molar-refractivity contribution >= 4 is 27.8 Å². The van der Waals surface area contributed by atoms with Gasteiger partial charge in [0.05, 0.1) is 5.92 Å². The van der Waals surface area contributed by atoms with E-state index in [1.807, 2.05) is 6.07 Å². The lowest BCUT2D eigenvalue weighted by atomic mass is 10.0. The van der Waals surface area contributed by atoms with Crippen molar-refractivity contribution in [3.63, 3.8) is 0 Å². The molecule has 0 saturated carbocycles. The van der Waals surface area contributed by atoms with Crippen LogP contribution in [-0.4, -0.2) is 34.5 Å². The molecule has 18 heavy (non-hydrogen) atoms. The Morgan fingerprint density at radius 2 is 2.17 bits per heavy atom. The van der Waals surface area contributed by atoms with Crippen LogP contribution in [0.3, 0.4) is 0 Å². The van der Waals surface area contributed by atoms with Crippen molar-refractivity contribution in [2.24, 2.45) is 5.92 Å². The van der Waals surface area contributed by atoms with Gasteiger partial charge in [-0.3, -0.25) is 9.59 Å². The first-order chi connectivity index (χ1) is 8.50. The Bertz CT molecular complexity index is 489. The van der Waals surface area contributed by atoms with Gasteiger partial charge in [-0.15, -0.1) is 0 Å². The van der Waals surface area contributed by atoms with Gasteiger partial charge in [-0.1, -0.05) is 22.0 Å². The third-order valence-corrected chi connectivity index (χ3v) is 3.90. The van der Waals surface area contributed by atoms with Gasteiger partial charge in [0, 0.05) is 22.6 Å². The first kappa shape index (κ1) is 13.1. The molecule has 2 rings (SSSR count). The number of carboxylic acids is 1. The summed E-state index contributed by atoms with van der Waals surface area (Å²) in [6.07, 6.45) is 0.524. The maximum atomic E-state index is 12.3. The zero-order valence-electron chi connectivity index (χ0n) is 9.97. The SMILES string of the molecule is CC1C(C(=O)O)CCN1C(=O)c1cccc(Br)c1. The van der Waals surface area contributed by atoms with Crippen LogP contribution in [0.25, 0.3) is 0 Å². The smallest absolute Gasteiger partial charge is 0.308 e. The second-order valence-electron chi connectivity index (χ2n) is 4.48. The maximum absolute atomic E-state index is 12.3. The molecule has 1 saturated heterocycles. The summed E-state index contributed by atoms with van der Waals surface area (Å²) in [5.74, 6) is -1.39. The third kappa shape index (κ3) is 2.41. The third-order valence-electron chi connectivity index (χ3n) is 3.40. The Kier molecular flexibility index (Phi) is 3.71. The minimum Gasteiger partial charge on any atom is -0.481 e. The van der Waals surface area contributed by atoms with Crippen LogP contribution in [0.5, 0.6) is 0 Å². The van der Waals surface area contributed by atoms with Crippen LogP contribution < -0.4 is 0 Å². The molecule has 1 fully saturated rings. The fraction of sp³-hybridized carbons (Fsp3) is 0.385. The van der Waals surface area contributed by atoms with E-state index in [0.29, 0.717) is 18.5 Å². The van der Waals surface area contributed by atoms with E-state index in [4.69, 9.17) is 5.11 Å². The van der Waals surface area contributed by atoms with Crippen LogP contribution in [0.4, 0.5) is 0 Å². The van der Waals surface area contributed by atoms with E-state index >= 15 is 0 Å². The number of amides is 1. The number of halogens is 1. The largest absolute Gasteiger partial charge is 0.481 e. The number of carbonyl (C=O) groups excluding carboxylic acids is 1. The minimum absolute atomic E-state index is 0.104. The van der Waals surface area contributed by atoms with Crippen LogP contribution in [0, 0.1) is 5.92 Å². The second kappa shape index (κ2) is 5.10. The van der Waals surface area contributed by atoms with Gasteiger partial charge in [0.1, 0.15) is 0 Å². The van der Waals surface area contributed by atoms with Crippen molar-refractivity contribution < 1.29 is 14.7 Å². The van der Waals surface area contributed by atoms with Gasteiger partial charge < -0.3 is 10.0 Å². The van der Waals surface area contributed by atoms with Gasteiger partial charge >= 0.3 is 5.97 Å². The van der Waals surface area contributed by atoms with E-state index in [1.54, 1.807) is 30.0 Å². The van der Waals surface area contributed by atoms with Gasteiger partial charge in [-0.2, -0.15) is 0 Å². The van der Waals surface area contributed by atoms with E-state index in [2.05, 4.69) is 15.9 Å². The van der Waals surface area contributed by atoms with E-state index < -0.39 is 11.9 Å². The Morgan fingerprint density at radius 1 is 1.44 bits per heavy atom. The van der Waals surface area contributed by atoms with Gasteiger partial charge in [0.2, 0.25) is 0 Å². The summed E-state index contributed by atoms with van der Waals surface area (Å²) >= 11 is 3.32. The molecule has 1 amide bonds. The van der Waals surface area contributed by atoms with E-state index in [1.165, 1.54) is 0 Å². The van der Waals surface area contributed by atoms with Gasteiger partial charge in [-0.25, -0.2) is 0 Å². The molecule has 1 N–H and O–H groups in total. The van der Waals surface area contributed by atoms with Gasteiger partial charge in [0.25, 0.3) is 5.91 Å². The first-order valence-corrected chi connectivity index (χ1v) is 6.59. The topological polar surface area (TPSA) is 57.6 Å². The monoisotopic (exact) mass is 311 g/mol. The Labute approximate surface area is 114 Å². The zero-order chi connectivity index (χ0) is 13.3. The highest BCUT2D eigenvalue weighted by molar-refractivity contribution is 9.10. The summed E-state index contributed by atoms with van der Waals surface area (Å²) in [7, 11) is 0. The van der Waals surface area contributed by atoms with Crippen molar-refractivity contribution in [3.05, 3.63) is 34.3 Å². The molecule has 1 aromatic carbocycles. The highest BCUT2D eigenvalue weighted by Crippen LogP contribution is 2.26. The fourth-order valence-corrected chi connectivity index (χ4v) is 2.74. The molecule has 1 heterocycles. The molecule has 2 unspecified atom stereocenters. The Balaban J connectivity index is 2.18. The number of hydrogen-bond acceptors (Lipinski definition) is 2. The molecule has 0 spiro atoms. The van der Waals surface area contributed by atoms with Crippen LogP contribution in [-0.2, 0) is 4.79 Å². The molecule has 0 aromatic heterocycles. The van der Waals surface area contributed by atoms with Crippen molar-refractivity contribution in [2.75, 3.05) is 6.54 Å². The number of benzene rings is 1. The Hall–Kier alpha value is -1.36. The van der Waals surface area contributed by atoms with Crippen molar-refractivity contribution in [2.45, 2.75) is 19.4 Å². The number of hydrogen-bond donors (Lipinski definition) is 1. The van der Waals surface area contributed by atoms with Crippen LogP contribution >= 0.6 is 15.9 Å². The summed E-state index contributed by atoms with van der Waals surface area (Å²) in [4.78, 5) is 25.0. The maximum Gasteiger partial charge on any atom is 0.308 e. The van der Waals surface area contributed by atoms with Crippen molar-refractivity contribution in [1.29, 1.82) is 0 Å². The number of likely N-dealkylation sites (tertiary alicyclic amines) is 1. The minimum atomic E-state index is -0.827. The second-order valence-corrected chi connectivity index (χ2v) is 5.40. The summed E-state index contributed by atoms with van der Waals surface area (Å²) in [5, 5.41) is 9.05. The number of carbonyl (C=O) groups is 2. The molecule has 0 bridgehead atoms.